The van der Waals surface area contributed by atoms with Crippen LogP contribution in [0.4, 0.5) is 17.6 Å². The summed E-state index contributed by atoms with van der Waals surface area (Å²) >= 11 is 1.35. The summed E-state index contributed by atoms with van der Waals surface area (Å²) in [6, 6.07) is 0. The Morgan fingerprint density at radius 2 is 1.90 bits per heavy atom. The second kappa shape index (κ2) is 9.05. The van der Waals surface area contributed by atoms with Crippen molar-refractivity contribution in [1.82, 2.24) is 0 Å². The van der Waals surface area contributed by atoms with Gasteiger partial charge in [-0.15, -0.1) is 11.8 Å². The van der Waals surface area contributed by atoms with Crippen LogP contribution in [0.3, 0.4) is 0 Å². The van der Waals surface area contributed by atoms with Gasteiger partial charge in [0.25, 0.3) is 5.88 Å². The maximum absolute atomic E-state index is 13.7. The van der Waals surface area contributed by atoms with E-state index in [2.05, 4.69) is 16.3 Å². The molecular weight excluding hydrogens is 294 g/mol. The molecule has 7 heteroatoms. The van der Waals surface area contributed by atoms with Crippen molar-refractivity contribution in [3.63, 3.8) is 0 Å². The largest absolute Gasteiger partial charge is 0.479 e. The van der Waals surface area contributed by atoms with Crippen molar-refractivity contribution in [2.45, 2.75) is 39.3 Å². The van der Waals surface area contributed by atoms with E-state index in [1.165, 1.54) is 11.8 Å². The molecule has 0 saturated carbocycles. The zero-order chi connectivity index (χ0) is 15.8. The summed E-state index contributed by atoms with van der Waals surface area (Å²) in [5, 5.41) is 0.552. The summed E-state index contributed by atoms with van der Waals surface area (Å²) in [5.41, 5.74) is -1.59. The van der Waals surface area contributed by atoms with Gasteiger partial charge < -0.3 is 4.74 Å². The lowest BCUT2D eigenvalue weighted by atomic mass is 10.2. The summed E-state index contributed by atoms with van der Waals surface area (Å²) < 4.78 is 55.5. The second-order valence-corrected chi connectivity index (χ2v) is 5.18. The summed E-state index contributed by atoms with van der Waals surface area (Å²) in [6.07, 6.45) is -2.53. The maximum Gasteiger partial charge on any atom is 0.418 e. The van der Waals surface area contributed by atoms with Gasteiger partial charge in [0.2, 0.25) is 0 Å². The Bertz CT molecular complexity index is 388. The third kappa shape index (κ3) is 6.45. The van der Waals surface area contributed by atoms with Gasteiger partial charge in [0.15, 0.2) is 5.83 Å². The van der Waals surface area contributed by atoms with Crippen molar-refractivity contribution in [2.75, 3.05) is 12.9 Å². The highest BCUT2D eigenvalue weighted by molar-refractivity contribution is 8.13. The molecule has 0 aromatic rings. The normalized spacial score (nSPS) is 14.1. The number of unbranched alkanes of at least 4 members (excludes halogenated alkanes) is 1. The molecule has 0 aromatic heterocycles. The molecule has 2 nitrogen and oxygen atoms in total. The van der Waals surface area contributed by atoms with Crippen LogP contribution in [0.25, 0.3) is 0 Å². The molecule has 116 valence electrons. The number of ether oxygens (including phenoxy) is 1. The molecule has 0 rings (SSSR count). The quantitative estimate of drug-likeness (QED) is 0.211. The second-order valence-electron chi connectivity index (χ2n) is 3.84. The first-order valence-corrected chi connectivity index (χ1v) is 7.17. The van der Waals surface area contributed by atoms with Crippen LogP contribution in [0, 0.1) is 0 Å². The Labute approximate surface area is 121 Å². The molecule has 0 saturated heterocycles. The highest BCUT2D eigenvalue weighted by atomic mass is 32.2. The minimum absolute atomic E-state index is 0.552. The van der Waals surface area contributed by atoms with E-state index in [0.29, 0.717) is 17.2 Å². The third-order valence-corrected chi connectivity index (χ3v) is 3.19. The monoisotopic (exact) mass is 313 g/mol. The van der Waals surface area contributed by atoms with E-state index < -0.39 is 23.5 Å². The summed E-state index contributed by atoms with van der Waals surface area (Å²) in [5.74, 6) is -1.56. The Hall–Kier alpha value is -0.980. The Balaban J connectivity index is 5.34. The first-order valence-electron chi connectivity index (χ1n) is 6.18. The van der Waals surface area contributed by atoms with E-state index in [1.807, 2.05) is 13.8 Å². The molecule has 0 N–H and O–H groups in total. The molecule has 0 fully saturated rings. The molecule has 0 aliphatic carbocycles. The SMILES string of the molecule is C=C(/C(F)=C(\N=C(CCCC)SCC)OC)C(F)(F)F. The molecule has 0 aromatic carbocycles. The van der Waals surface area contributed by atoms with Crippen molar-refractivity contribution in [3.05, 3.63) is 23.9 Å². The summed E-state index contributed by atoms with van der Waals surface area (Å²) in [6.45, 7) is 6.56. The van der Waals surface area contributed by atoms with Crippen LogP contribution in [0.1, 0.15) is 33.1 Å². The van der Waals surface area contributed by atoms with Crippen LogP contribution in [0.15, 0.2) is 28.9 Å². The van der Waals surface area contributed by atoms with E-state index in [9.17, 15) is 17.6 Å². The van der Waals surface area contributed by atoms with Gasteiger partial charge in [0.1, 0.15) is 0 Å². The van der Waals surface area contributed by atoms with Crippen molar-refractivity contribution < 1.29 is 22.3 Å². The highest BCUT2D eigenvalue weighted by Crippen LogP contribution is 2.32. The number of alkyl halides is 3. The lowest BCUT2D eigenvalue weighted by Gasteiger charge is -2.11. The Kier molecular flexibility index (Phi) is 8.60. The minimum atomic E-state index is -4.84. The lowest BCUT2D eigenvalue weighted by Crippen LogP contribution is -2.12. The molecule has 0 bridgehead atoms. The van der Waals surface area contributed by atoms with Crippen LogP contribution in [-0.4, -0.2) is 24.1 Å². The van der Waals surface area contributed by atoms with E-state index >= 15 is 0 Å². The smallest absolute Gasteiger partial charge is 0.418 e. The van der Waals surface area contributed by atoms with Crippen molar-refractivity contribution in [3.8, 4) is 0 Å². The molecule has 0 amide bonds. The average Bonchev–Trinajstić information content (AvgIpc) is 2.39. The van der Waals surface area contributed by atoms with Gasteiger partial charge in [-0.2, -0.15) is 13.2 Å². The van der Waals surface area contributed by atoms with Gasteiger partial charge >= 0.3 is 6.18 Å². The molecule has 0 radical (unpaired) electrons. The number of aliphatic imine (C=N–C) groups is 1. The topological polar surface area (TPSA) is 21.6 Å². The molecule has 0 aliphatic rings. The van der Waals surface area contributed by atoms with Gasteiger partial charge in [-0.3, -0.25) is 0 Å². The van der Waals surface area contributed by atoms with Crippen LogP contribution in [0.5, 0.6) is 0 Å². The first kappa shape index (κ1) is 19.0. The number of allylic oxidation sites excluding steroid dienone is 2. The fourth-order valence-electron chi connectivity index (χ4n) is 1.21. The fraction of sp³-hybridized carbons (Fsp3) is 0.615. The summed E-state index contributed by atoms with van der Waals surface area (Å²) in [4.78, 5) is 3.86. The number of halogens is 4. The van der Waals surface area contributed by atoms with Gasteiger partial charge in [-0.1, -0.05) is 26.8 Å². The predicted octanol–water partition coefficient (Wildman–Crippen LogP) is 5.23. The van der Waals surface area contributed by atoms with Crippen LogP contribution < -0.4 is 0 Å². The zero-order valence-corrected chi connectivity index (χ0v) is 12.6. The minimum Gasteiger partial charge on any atom is -0.479 e. The number of nitrogens with zero attached hydrogens (tertiary/aromatic N) is 1. The molecule has 0 spiro atoms. The van der Waals surface area contributed by atoms with Gasteiger partial charge in [-0.05, 0) is 18.6 Å². The van der Waals surface area contributed by atoms with Crippen molar-refractivity contribution in [1.29, 1.82) is 0 Å². The number of hydrogen-bond acceptors (Lipinski definition) is 3. The zero-order valence-electron chi connectivity index (χ0n) is 11.8. The average molecular weight is 313 g/mol. The van der Waals surface area contributed by atoms with Crippen LogP contribution in [-0.2, 0) is 4.74 Å². The number of thioether (sulfide) groups is 1. The molecule has 0 aliphatic heterocycles. The molecule has 20 heavy (non-hydrogen) atoms. The lowest BCUT2D eigenvalue weighted by molar-refractivity contribution is -0.0911. The molecule has 0 heterocycles. The number of hydrogen-bond donors (Lipinski definition) is 0. The van der Waals surface area contributed by atoms with Gasteiger partial charge in [0, 0.05) is 0 Å². The highest BCUT2D eigenvalue weighted by Gasteiger charge is 2.36. The van der Waals surface area contributed by atoms with Gasteiger partial charge in [0.05, 0.1) is 17.7 Å². The third-order valence-electron chi connectivity index (χ3n) is 2.27. The van der Waals surface area contributed by atoms with Crippen molar-refractivity contribution >= 4 is 16.8 Å². The maximum atomic E-state index is 13.7. The predicted molar refractivity (Wildman–Crippen MR) is 75.4 cm³/mol. The van der Waals surface area contributed by atoms with E-state index in [0.717, 1.165) is 20.0 Å². The van der Waals surface area contributed by atoms with Crippen LogP contribution in [0.2, 0.25) is 0 Å². The molecular formula is C13H19F4NOS. The number of rotatable bonds is 7. The Morgan fingerprint density at radius 1 is 1.30 bits per heavy atom. The fourth-order valence-corrected chi connectivity index (χ4v) is 1.98. The van der Waals surface area contributed by atoms with Gasteiger partial charge in [-0.25, -0.2) is 9.38 Å². The molecule has 0 atom stereocenters. The van der Waals surface area contributed by atoms with E-state index in [1.54, 1.807) is 0 Å². The standard InChI is InChI=1S/C13H19F4NOS/c1-5-7-8-10(20-6-2)18-12(19-4)11(14)9(3)13(15,16)17/h3,5-8H2,1-2,4H3/b12-11-,18-10?. The number of methoxy groups -OCH3 is 1. The Morgan fingerprint density at radius 3 is 2.30 bits per heavy atom. The summed E-state index contributed by atoms with van der Waals surface area (Å²) in [7, 11) is 1.08. The first-order chi connectivity index (χ1) is 9.27. The molecule has 0 unspecified atom stereocenters. The van der Waals surface area contributed by atoms with E-state index in [-0.39, 0.29) is 0 Å². The van der Waals surface area contributed by atoms with Crippen molar-refractivity contribution in [2.24, 2.45) is 4.99 Å². The van der Waals surface area contributed by atoms with Crippen LogP contribution >= 0.6 is 11.8 Å². The van der Waals surface area contributed by atoms with E-state index in [4.69, 9.17) is 0 Å².